The molecule has 0 bridgehead atoms. The van der Waals surface area contributed by atoms with Gasteiger partial charge in [0, 0.05) is 16.5 Å². The molecule has 7 heteroatoms. The molecule has 1 N–H and O–H groups in total. The van der Waals surface area contributed by atoms with Crippen LogP contribution in [-0.2, 0) is 0 Å². The second kappa shape index (κ2) is 6.20. The van der Waals surface area contributed by atoms with Gasteiger partial charge in [-0.25, -0.2) is 14.1 Å². The molecule has 3 aromatic rings. The smallest absolute Gasteiger partial charge is 0.257 e. The van der Waals surface area contributed by atoms with E-state index in [1.54, 1.807) is 23.9 Å². The zero-order valence-corrected chi connectivity index (χ0v) is 14.2. The number of carbonyl (C=O) groups is 1. The second-order valence-electron chi connectivity index (χ2n) is 5.80. The fourth-order valence-corrected chi connectivity index (χ4v) is 2.61. The molecule has 0 saturated carbocycles. The minimum atomic E-state index is -0.588. The van der Waals surface area contributed by atoms with Crippen molar-refractivity contribution < 1.29 is 9.18 Å². The number of carbonyl (C=O) groups excluding carboxylic acids is 1. The maximum Gasteiger partial charge on any atom is 0.257 e. The standard InChI is InChI=1S/C17H16ClFN4O/c1-9(2)23-16-11(8-20-23)6-13(10(3)21-16)17(24)22-15-5-4-12(18)7-14(15)19/h4-9H,1-3H3,(H,22,24). The molecule has 1 amide bonds. The number of halogens is 2. The predicted molar refractivity (Wildman–Crippen MR) is 92.0 cm³/mol. The van der Waals surface area contributed by atoms with Gasteiger partial charge in [0.15, 0.2) is 5.65 Å². The summed E-state index contributed by atoms with van der Waals surface area (Å²) in [4.78, 5) is 17.0. The van der Waals surface area contributed by atoms with Crippen molar-refractivity contribution in [3.63, 3.8) is 0 Å². The number of hydrogen-bond donors (Lipinski definition) is 1. The van der Waals surface area contributed by atoms with Gasteiger partial charge in [0.25, 0.3) is 5.91 Å². The first-order valence-electron chi connectivity index (χ1n) is 7.48. The average Bonchev–Trinajstić information content (AvgIpc) is 2.92. The highest BCUT2D eigenvalue weighted by Crippen LogP contribution is 2.22. The summed E-state index contributed by atoms with van der Waals surface area (Å²) < 4.78 is 15.6. The van der Waals surface area contributed by atoms with E-state index in [9.17, 15) is 9.18 Å². The van der Waals surface area contributed by atoms with E-state index in [1.165, 1.54) is 12.1 Å². The van der Waals surface area contributed by atoms with E-state index in [0.29, 0.717) is 11.3 Å². The number of fused-ring (bicyclic) bond motifs is 1. The monoisotopic (exact) mass is 346 g/mol. The third-order valence-corrected chi connectivity index (χ3v) is 3.91. The number of aromatic nitrogens is 3. The Bertz CT molecular complexity index is 936. The Balaban J connectivity index is 1.96. The van der Waals surface area contributed by atoms with Gasteiger partial charge in [-0.2, -0.15) is 5.10 Å². The topological polar surface area (TPSA) is 59.8 Å². The normalized spacial score (nSPS) is 11.2. The number of hydrogen-bond acceptors (Lipinski definition) is 3. The third-order valence-electron chi connectivity index (χ3n) is 3.67. The van der Waals surface area contributed by atoms with Gasteiger partial charge in [0.2, 0.25) is 0 Å². The van der Waals surface area contributed by atoms with Crippen LogP contribution in [0.1, 0.15) is 35.9 Å². The lowest BCUT2D eigenvalue weighted by Gasteiger charge is -2.10. The summed E-state index contributed by atoms with van der Waals surface area (Å²) in [7, 11) is 0. The summed E-state index contributed by atoms with van der Waals surface area (Å²) in [5.41, 5.74) is 1.72. The Morgan fingerprint density at radius 1 is 1.33 bits per heavy atom. The van der Waals surface area contributed by atoms with Crippen LogP contribution in [0.15, 0.2) is 30.5 Å². The third kappa shape index (κ3) is 2.97. The van der Waals surface area contributed by atoms with E-state index in [1.807, 2.05) is 13.8 Å². The van der Waals surface area contributed by atoms with Crippen LogP contribution in [0.25, 0.3) is 11.0 Å². The summed E-state index contributed by atoms with van der Waals surface area (Å²) in [5.74, 6) is -1.02. The first kappa shape index (κ1) is 16.4. The van der Waals surface area contributed by atoms with Crippen molar-refractivity contribution in [1.29, 1.82) is 0 Å². The minimum Gasteiger partial charge on any atom is -0.319 e. The summed E-state index contributed by atoms with van der Waals surface area (Å²) in [6, 6.07) is 5.97. The van der Waals surface area contributed by atoms with Crippen molar-refractivity contribution >= 4 is 34.2 Å². The van der Waals surface area contributed by atoms with Crippen LogP contribution in [0.2, 0.25) is 5.02 Å². The predicted octanol–water partition coefficient (Wildman–Crippen LogP) is 4.37. The van der Waals surface area contributed by atoms with Crippen LogP contribution in [0, 0.1) is 12.7 Å². The van der Waals surface area contributed by atoms with Crippen molar-refractivity contribution in [2.45, 2.75) is 26.8 Å². The largest absolute Gasteiger partial charge is 0.319 e. The molecule has 0 aliphatic heterocycles. The van der Waals surface area contributed by atoms with Gasteiger partial charge in [-0.15, -0.1) is 0 Å². The average molecular weight is 347 g/mol. The molecule has 0 spiro atoms. The van der Waals surface area contributed by atoms with Gasteiger partial charge < -0.3 is 5.32 Å². The van der Waals surface area contributed by atoms with E-state index in [-0.39, 0.29) is 16.8 Å². The van der Waals surface area contributed by atoms with Crippen molar-refractivity contribution in [2.24, 2.45) is 0 Å². The maximum atomic E-state index is 13.8. The van der Waals surface area contributed by atoms with Crippen molar-refractivity contribution in [3.8, 4) is 0 Å². The summed E-state index contributed by atoms with van der Waals surface area (Å²) in [6.07, 6.45) is 1.67. The zero-order chi connectivity index (χ0) is 17.4. The number of nitrogens with one attached hydrogen (secondary N) is 1. The molecule has 0 aliphatic carbocycles. The molecule has 5 nitrogen and oxygen atoms in total. The van der Waals surface area contributed by atoms with E-state index in [2.05, 4.69) is 15.4 Å². The summed E-state index contributed by atoms with van der Waals surface area (Å²) >= 11 is 5.72. The number of anilines is 1. The molecular formula is C17H16ClFN4O. The highest BCUT2D eigenvalue weighted by atomic mass is 35.5. The molecule has 0 unspecified atom stereocenters. The number of rotatable bonds is 3. The van der Waals surface area contributed by atoms with Gasteiger partial charge in [-0.05, 0) is 45.0 Å². The quantitative estimate of drug-likeness (QED) is 0.766. The fraction of sp³-hybridized carbons (Fsp3) is 0.235. The highest BCUT2D eigenvalue weighted by Gasteiger charge is 2.16. The van der Waals surface area contributed by atoms with Gasteiger partial charge in [0.05, 0.1) is 23.1 Å². The zero-order valence-electron chi connectivity index (χ0n) is 13.5. The molecule has 3 rings (SSSR count). The number of pyridine rings is 1. The molecule has 2 heterocycles. The van der Waals surface area contributed by atoms with E-state index in [0.717, 1.165) is 17.1 Å². The Kier molecular flexibility index (Phi) is 4.24. The Hall–Kier alpha value is -2.47. The van der Waals surface area contributed by atoms with Gasteiger partial charge in [0.1, 0.15) is 5.82 Å². The van der Waals surface area contributed by atoms with Crippen LogP contribution in [-0.4, -0.2) is 20.7 Å². The maximum absolute atomic E-state index is 13.8. The Morgan fingerprint density at radius 3 is 2.75 bits per heavy atom. The molecule has 0 radical (unpaired) electrons. The Labute approximate surface area is 143 Å². The summed E-state index contributed by atoms with van der Waals surface area (Å²) in [5, 5.41) is 7.87. The molecule has 0 aliphatic rings. The second-order valence-corrected chi connectivity index (χ2v) is 6.23. The fourth-order valence-electron chi connectivity index (χ4n) is 2.45. The van der Waals surface area contributed by atoms with Crippen LogP contribution in [0.5, 0.6) is 0 Å². The molecule has 0 atom stereocenters. The Morgan fingerprint density at radius 2 is 2.08 bits per heavy atom. The molecule has 0 saturated heterocycles. The molecule has 124 valence electrons. The highest BCUT2D eigenvalue weighted by molar-refractivity contribution is 6.30. The van der Waals surface area contributed by atoms with Gasteiger partial charge in [-0.3, -0.25) is 4.79 Å². The molecule has 0 fully saturated rings. The SMILES string of the molecule is Cc1nc2c(cnn2C(C)C)cc1C(=O)Nc1ccc(Cl)cc1F. The number of amides is 1. The summed E-state index contributed by atoms with van der Waals surface area (Å²) in [6.45, 7) is 5.75. The van der Waals surface area contributed by atoms with Crippen molar-refractivity contribution in [2.75, 3.05) is 5.32 Å². The van der Waals surface area contributed by atoms with E-state index >= 15 is 0 Å². The lowest BCUT2D eigenvalue weighted by molar-refractivity contribution is 0.102. The van der Waals surface area contributed by atoms with Crippen molar-refractivity contribution in [3.05, 3.63) is 52.6 Å². The minimum absolute atomic E-state index is 0.0711. The first-order chi connectivity index (χ1) is 11.4. The van der Waals surface area contributed by atoms with E-state index in [4.69, 9.17) is 11.6 Å². The lowest BCUT2D eigenvalue weighted by Crippen LogP contribution is -2.15. The van der Waals surface area contributed by atoms with Crippen LogP contribution < -0.4 is 5.32 Å². The number of aryl methyl sites for hydroxylation is 1. The lowest BCUT2D eigenvalue weighted by atomic mass is 10.1. The first-order valence-corrected chi connectivity index (χ1v) is 7.86. The van der Waals surface area contributed by atoms with Crippen molar-refractivity contribution in [1.82, 2.24) is 14.8 Å². The van der Waals surface area contributed by atoms with Gasteiger partial charge in [-0.1, -0.05) is 11.6 Å². The molecule has 1 aromatic carbocycles. The van der Waals surface area contributed by atoms with Gasteiger partial charge >= 0.3 is 0 Å². The number of nitrogens with zero attached hydrogens (tertiary/aromatic N) is 3. The van der Waals surface area contributed by atoms with E-state index < -0.39 is 11.7 Å². The molecule has 2 aromatic heterocycles. The molecular weight excluding hydrogens is 331 g/mol. The van der Waals surface area contributed by atoms with Crippen LogP contribution in [0.4, 0.5) is 10.1 Å². The van der Waals surface area contributed by atoms with Crippen LogP contribution in [0.3, 0.4) is 0 Å². The number of benzene rings is 1. The van der Waals surface area contributed by atoms with Crippen LogP contribution >= 0.6 is 11.6 Å². The molecule has 24 heavy (non-hydrogen) atoms.